The molecule has 7 heteroatoms. The Balaban J connectivity index is 2.76. The van der Waals surface area contributed by atoms with E-state index in [1.165, 1.54) is 0 Å². The van der Waals surface area contributed by atoms with Crippen molar-refractivity contribution in [1.82, 2.24) is 14.5 Å². The van der Waals surface area contributed by atoms with Crippen LogP contribution in [0, 0.1) is 12.8 Å². The van der Waals surface area contributed by atoms with E-state index in [9.17, 15) is 8.42 Å². The molecule has 2 unspecified atom stereocenters. The summed E-state index contributed by atoms with van der Waals surface area (Å²) in [5.74, 6) is 0.313. The van der Waals surface area contributed by atoms with E-state index in [-0.39, 0.29) is 17.7 Å². The van der Waals surface area contributed by atoms with Crippen LogP contribution in [-0.2, 0) is 17.1 Å². The zero-order chi connectivity index (χ0) is 13.9. The van der Waals surface area contributed by atoms with E-state index in [2.05, 4.69) is 9.82 Å². The van der Waals surface area contributed by atoms with Gasteiger partial charge in [-0.15, -0.1) is 11.6 Å². The van der Waals surface area contributed by atoms with Gasteiger partial charge in [0.15, 0.2) is 0 Å². The van der Waals surface area contributed by atoms with E-state index in [4.69, 9.17) is 11.6 Å². The lowest BCUT2D eigenvalue weighted by atomic mass is 10.1. The van der Waals surface area contributed by atoms with Crippen LogP contribution in [0.15, 0.2) is 6.20 Å². The lowest BCUT2D eigenvalue weighted by Gasteiger charge is -2.15. The van der Waals surface area contributed by atoms with Gasteiger partial charge in [0, 0.05) is 30.2 Å². The van der Waals surface area contributed by atoms with E-state index >= 15 is 0 Å². The number of aryl methyl sites for hydroxylation is 1. The number of nitrogens with zero attached hydrogens (tertiary/aromatic N) is 2. The molecule has 18 heavy (non-hydrogen) atoms. The fourth-order valence-electron chi connectivity index (χ4n) is 1.74. The Hall–Kier alpha value is -0.590. The third-order valence-electron chi connectivity index (χ3n) is 2.86. The van der Waals surface area contributed by atoms with Crippen LogP contribution in [0.5, 0.6) is 0 Å². The standard InChI is InChI=1S/C11H20ClN3O2S/c1-8(5-12)7-18(16,17)14-9(2)11-6-13-15(4)10(11)3/h6,8-9,14H,5,7H2,1-4H3. The maximum atomic E-state index is 11.9. The quantitative estimate of drug-likeness (QED) is 0.810. The fraction of sp³-hybridized carbons (Fsp3) is 0.727. The second kappa shape index (κ2) is 6.04. The van der Waals surface area contributed by atoms with Gasteiger partial charge in [0.1, 0.15) is 0 Å². The first kappa shape index (κ1) is 15.5. The Kier molecular flexibility index (Phi) is 5.19. The summed E-state index contributed by atoms with van der Waals surface area (Å²) in [6, 6.07) is -0.286. The molecule has 0 radical (unpaired) electrons. The van der Waals surface area contributed by atoms with Crippen molar-refractivity contribution in [2.75, 3.05) is 11.6 Å². The van der Waals surface area contributed by atoms with Crippen LogP contribution < -0.4 is 4.72 Å². The van der Waals surface area contributed by atoms with Crippen molar-refractivity contribution in [3.63, 3.8) is 0 Å². The van der Waals surface area contributed by atoms with Crippen LogP contribution in [0.3, 0.4) is 0 Å². The highest BCUT2D eigenvalue weighted by molar-refractivity contribution is 7.89. The second-order valence-electron chi connectivity index (χ2n) is 4.69. The maximum absolute atomic E-state index is 11.9. The molecule has 1 heterocycles. The van der Waals surface area contributed by atoms with E-state index in [0.29, 0.717) is 5.88 Å². The van der Waals surface area contributed by atoms with Gasteiger partial charge < -0.3 is 0 Å². The molecule has 0 saturated heterocycles. The minimum atomic E-state index is -3.32. The smallest absolute Gasteiger partial charge is 0.212 e. The largest absolute Gasteiger partial charge is 0.273 e. The first-order chi connectivity index (χ1) is 8.26. The van der Waals surface area contributed by atoms with Crippen LogP contribution in [0.4, 0.5) is 0 Å². The van der Waals surface area contributed by atoms with Crippen molar-refractivity contribution in [3.8, 4) is 0 Å². The number of nitrogens with one attached hydrogen (secondary N) is 1. The van der Waals surface area contributed by atoms with Gasteiger partial charge in [-0.05, 0) is 19.8 Å². The third-order valence-corrected chi connectivity index (χ3v) is 5.11. The minimum absolute atomic E-state index is 0.0418. The zero-order valence-electron chi connectivity index (χ0n) is 11.1. The highest BCUT2D eigenvalue weighted by Gasteiger charge is 2.20. The SMILES string of the molecule is Cc1c(C(C)NS(=O)(=O)CC(C)CCl)cnn1C. The van der Waals surface area contributed by atoms with Gasteiger partial charge in [-0.3, -0.25) is 4.68 Å². The molecular weight excluding hydrogens is 274 g/mol. The zero-order valence-corrected chi connectivity index (χ0v) is 12.7. The summed E-state index contributed by atoms with van der Waals surface area (Å²) in [7, 11) is -1.49. The monoisotopic (exact) mass is 293 g/mol. The minimum Gasteiger partial charge on any atom is -0.273 e. The van der Waals surface area contributed by atoms with E-state index < -0.39 is 10.0 Å². The fourth-order valence-corrected chi connectivity index (χ4v) is 3.61. The topological polar surface area (TPSA) is 64.0 Å². The average molecular weight is 294 g/mol. The Morgan fingerprint density at radius 1 is 1.50 bits per heavy atom. The van der Waals surface area contributed by atoms with Crippen molar-refractivity contribution in [2.45, 2.75) is 26.8 Å². The van der Waals surface area contributed by atoms with E-state index in [1.54, 1.807) is 10.9 Å². The summed E-state index contributed by atoms with van der Waals surface area (Å²) in [4.78, 5) is 0. The first-order valence-corrected chi connectivity index (χ1v) is 8.00. The molecule has 2 atom stereocenters. The molecule has 0 bridgehead atoms. The van der Waals surface area contributed by atoms with E-state index in [1.807, 2.05) is 27.8 Å². The molecule has 0 spiro atoms. The number of rotatable bonds is 6. The maximum Gasteiger partial charge on any atom is 0.212 e. The molecule has 0 saturated carbocycles. The Morgan fingerprint density at radius 3 is 2.56 bits per heavy atom. The molecule has 1 aromatic rings. The van der Waals surface area contributed by atoms with E-state index in [0.717, 1.165) is 11.3 Å². The van der Waals surface area contributed by atoms with Gasteiger partial charge in [0.2, 0.25) is 10.0 Å². The van der Waals surface area contributed by atoms with Gasteiger partial charge >= 0.3 is 0 Å². The summed E-state index contributed by atoms with van der Waals surface area (Å²) < 4.78 is 28.2. The number of sulfonamides is 1. The molecule has 1 rings (SSSR count). The molecule has 0 fully saturated rings. The van der Waals surface area contributed by atoms with Crippen LogP contribution in [0.1, 0.15) is 31.1 Å². The number of hydrogen-bond acceptors (Lipinski definition) is 3. The summed E-state index contributed by atoms with van der Waals surface area (Å²) in [6.07, 6.45) is 1.69. The molecule has 104 valence electrons. The van der Waals surface area contributed by atoms with Crippen molar-refractivity contribution < 1.29 is 8.42 Å². The molecule has 0 aromatic carbocycles. The van der Waals surface area contributed by atoms with Gasteiger partial charge in [-0.2, -0.15) is 5.10 Å². The van der Waals surface area contributed by atoms with Crippen molar-refractivity contribution in [3.05, 3.63) is 17.5 Å². The molecule has 0 aliphatic carbocycles. The number of alkyl halides is 1. The third kappa shape index (κ3) is 3.96. The van der Waals surface area contributed by atoms with Crippen LogP contribution in [0.25, 0.3) is 0 Å². The Morgan fingerprint density at radius 2 is 2.11 bits per heavy atom. The molecule has 0 amide bonds. The Labute approximate surface area is 114 Å². The number of aromatic nitrogens is 2. The second-order valence-corrected chi connectivity index (χ2v) is 6.80. The van der Waals surface area contributed by atoms with Gasteiger partial charge in [-0.25, -0.2) is 13.1 Å². The van der Waals surface area contributed by atoms with Crippen LogP contribution >= 0.6 is 11.6 Å². The lowest BCUT2D eigenvalue weighted by Crippen LogP contribution is -2.32. The van der Waals surface area contributed by atoms with Gasteiger partial charge in [0.25, 0.3) is 0 Å². The van der Waals surface area contributed by atoms with Crippen LogP contribution in [0.2, 0.25) is 0 Å². The molecule has 5 nitrogen and oxygen atoms in total. The molecular formula is C11H20ClN3O2S. The van der Waals surface area contributed by atoms with Crippen LogP contribution in [-0.4, -0.2) is 29.8 Å². The van der Waals surface area contributed by atoms with Gasteiger partial charge in [0.05, 0.1) is 11.9 Å². The molecule has 1 aromatic heterocycles. The highest BCUT2D eigenvalue weighted by atomic mass is 35.5. The van der Waals surface area contributed by atoms with Gasteiger partial charge in [-0.1, -0.05) is 6.92 Å². The predicted octanol–water partition coefficient (Wildman–Crippen LogP) is 1.58. The van der Waals surface area contributed by atoms with Crippen molar-refractivity contribution in [1.29, 1.82) is 0 Å². The predicted molar refractivity (Wildman–Crippen MR) is 73.2 cm³/mol. The summed E-state index contributed by atoms with van der Waals surface area (Å²) in [6.45, 7) is 5.54. The summed E-state index contributed by atoms with van der Waals surface area (Å²) >= 11 is 5.63. The molecule has 1 N–H and O–H groups in total. The molecule has 0 aliphatic heterocycles. The first-order valence-electron chi connectivity index (χ1n) is 5.81. The normalized spacial score (nSPS) is 15.6. The summed E-state index contributed by atoms with van der Waals surface area (Å²) in [5.41, 5.74) is 1.84. The number of hydrogen-bond donors (Lipinski definition) is 1. The Bertz CT molecular complexity index is 498. The molecule has 0 aliphatic rings. The van der Waals surface area contributed by atoms with Crippen molar-refractivity contribution in [2.24, 2.45) is 13.0 Å². The average Bonchev–Trinajstić information content (AvgIpc) is 2.58. The summed E-state index contributed by atoms with van der Waals surface area (Å²) in [5, 5.41) is 4.11. The van der Waals surface area contributed by atoms with Crippen molar-refractivity contribution >= 4 is 21.6 Å². The highest BCUT2D eigenvalue weighted by Crippen LogP contribution is 2.17. The number of halogens is 1. The lowest BCUT2D eigenvalue weighted by molar-refractivity contribution is 0.554.